The summed E-state index contributed by atoms with van der Waals surface area (Å²) in [5.74, 6) is -1.10. The molecule has 0 saturated carbocycles. The van der Waals surface area contributed by atoms with Gasteiger partial charge in [0, 0.05) is 24.5 Å². The van der Waals surface area contributed by atoms with Crippen molar-refractivity contribution in [3.8, 4) is 5.75 Å². The van der Waals surface area contributed by atoms with Crippen molar-refractivity contribution in [1.29, 1.82) is 0 Å². The lowest BCUT2D eigenvalue weighted by molar-refractivity contribution is -0.140. The van der Waals surface area contributed by atoms with Crippen LogP contribution in [0.2, 0.25) is 5.02 Å². The molecule has 4 aromatic carbocycles. The topological polar surface area (TPSA) is 96.0 Å². The number of sulfonamides is 1. The SMILES string of the molecule is CCCCNC(=O)C(Cc1ccccc1)N(Cc1cccc(Cl)c1)C(=O)CN(c1ccc(F)cc1)S(=O)(=O)c1ccc(OC)cc1. The van der Waals surface area contributed by atoms with Gasteiger partial charge in [0.2, 0.25) is 11.8 Å². The number of benzene rings is 4. The number of methoxy groups -OCH3 is 1. The normalized spacial score (nSPS) is 11.8. The van der Waals surface area contributed by atoms with Gasteiger partial charge in [0.1, 0.15) is 24.2 Å². The third-order valence-corrected chi connectivity index (χ3v) is 9.41. The highest BCUT2D eigenvalue weighted by atomic mass is 35.5. The molecule has 242 valence electrons. The lowest BCUT2D eigenvalue weighted by atomic mass is 10.0. The van der Waals surface area contributed by atoms with E-state index in [1.54, 1.807) is 24.3 Å². The predicted molar refractivity (Wildman–Crippen MR) is 178 cm³/mol. The number of ether oxygens (including phenoxy) is 1. The molecule has 0 aliphatic rings. The molecular weight excluding hydrogens is 629 g/mol. The van der Waals surface area contributed by atoms with Gasteiger partial charge in [0.15, 0.2) is 0 Å². The van der Waals surface area contributed by atoms with Crippen molar-refractivity contribution in [1.82, 2.24) is 10.2 Å². The van der Waals surface area contributed by atoms with Crippen molar-refractivity contribution < 1.29 is 27.1 Å². The number of hydrogen-bond acceptors (Lipinski definition) is 5. The largest absolute Gasteiger partial charge is 0.497 e. The van der Waals surface area contributed by atoms with Gasteiger partial charge in [-0.2, -0.15) is 0 Å². The van der Waals surface area contributed by atoms with Crippen LogP contribution in [0.25, 0.3) is 0 Å². The third-order valence-electron chi connectivity index (χ3n) is 7.38. The van der Waals surface area contributed by atoms with Crippen LogP contribution in [-0.4, -0.2) is 51.4 Å². The lowest BCUT2D eigenvalue weighted by Crippen LogP contribution is -2.53. The Morgan fingerprint density at radius 1 is 0.913 bits per heavy atom. The lowest BCUT2D eigenvalue weighted by Gasteiger charge is -2.34. The van der Waals surface area contributed by atoms with E-state index < -0.39 is 34.3 Å². The molecule has 1 unspecified atom stereocenters. The maximum Gasteiger partial charge on any atom is 0.264 e. The summed E-state index contributed by atoms with van der Waals surface area (Å²) in [5, 5.41) is 3.40. The first kappa shape index (κ1) is 34.5. The van der Waals surface area contributed by atoms with Crippen LogP contribution in [0, 0.1) is 5.82 Å². The molecule has 0 aliphatic heterocycles. The molecule has 11 heteroatoms. The van der Waals surface area contributed by atoms with Crippen molar-refractivity contribution in [3.63, 3.8) is 0 Å². The fraction of sp³-hybridized carbons (Fsp3) is 0.257. The number of carbonyl (C=O) groups excluding carboxylic acids is 2. The highest BCUT2D eigenvalue weighted by Crippen LogP contribution is 2.27. The highest BCUT2D eigenvalue weighted by molar-refractivity contribution is 7.92. The van der Waals surface area contributed by atoms with Crippen molar-refractivity contribution in [2.75, 3.05) is 24.5 Å². The van der Waals surface area contributed by atoms with Crippen LogP contribution in [0.1, 0.15) is 30.9 Å². The van der Waals surface area contributed by atoms with Crippen LogP contribution in [0.3, 0.4) is 0 Å². The summed E-state index contributed by atoms with van der Waals surface area (Å²) in [4.78, 5) is 29.5. The summed E-state index contributed by atoms with van der Waals surface area (Å²) >= 11 is 6.28. The fourth-order valence-electron chi connectivity index (χ4n) is 4.90. The number of amides is 2. The van der Waals surface area contributed by atoms with Gasteiger partial charge in [-0.25, -0.2) is 12.8 Å². The van der Waals surface area contributed by atoms with E-state index in [0.29, 0.717) is 22.9 Å². The van der Waals surface area contributed by atoms with Crippen molar-refractivity contribution in [2.45, 2.75) is 43.7 Å². The summed E-state index contributed by atoms with van der Waals surface area (Å²) in [6.07, 6.45) is 1.81. The van der Waals surface area contributed by atoms with E-state index >= 15 is 0 Å². The van der Waals surface area contributed by atoms with E-state index in [4.69, 9.17) is 16.3 Å². The zero-order valence-corrected chi connectivity index (χ0v) is 27.3. The minimum absolute atomic E-state index is 0.0159. The van der Waals surface area contributed by atoms with Gasteiger partial charge >= 0.3 is 0 Å². The number of anilines is 1. The van der Waals surface area contributed by atoms with Gasteiger partial charge < -0.3 is 15.0 Å². The van der Waals surface area contributed by atoms with E-state index in [9.17, 15) is 22.4 Å². The number of nitrogens with zero attached hydrogens (tertiary/aromatic N) is 2. The number of unbranched alkanes of at least 4 members (excludes halogenated alkanes) is 1. The Bertz CT molecular complexity index is 1700. The first-order valence-electron chi connectivity index (χ1n) is 14.9. The Morgan fingerprint density at radius 3 is 2.22 bits per heavy atom. The summed E-state index contributed by atoms with van der Waals surface area (Å²) in [7, 11) is -2.87. The van der Waals surface area contributed by atoms with Crippen LogP contribution in [-0.2, 0) is 32.6 Å². The minimum atomic E-state index is -4.34. The molecule has 0 aromatic heterocycles. The van der Waals surface area contributed by atoms with Gasteiger partial charge in [-0.1, -0.05) is 67.4 Å². The minimum Gasteiger partial charge on any atom is -0.497 e. The average Bonchev–Trinajstić information content (AvgIpc) is 3.06. The molecule has 46 heavy (non-hydrogen) atoms. The fourth-order valence-corrected chi connectivity index (χ4v) is 6.53. The van der Waals surface area contributed by atoms with Gasteiger partial charge in [0.05, 0.1) is 17.7 Å². The second-order valence-electron chi connectivity index (χ2n) is 10.7. The molecule has 0 heterocycles. The van der Waals surface area contributed by atoms with E-state index in [1.165, 1.54) is 48.4 Å². The molecular formula is C35H37ClFN3O5S. The van der Waals surface area contributed by atoms with Crippen molar-refractivity contribution >= 4 is 39.1 Å². The smallest absolute Gasteiger partial charge is 0.264 e. The zero-order valence-electron chi connectivity index (χ0n) is 25.7. The molecule has 2 amide bonds. The van der Waals surface area contributed by atoms with Gasteiger partial charge in [-0.15, -0.1) is 0 Å². The Balaban J connectivity index is 1.78. The Kier molecular flexibility index (Phi) is 12.2. The standard InChI is InChI=1S/C35H37ClFN3O5S/c1-3-4-21-38-35(42)33(23-26-9-6-5-7-10-26)39(24-27-11-8-12-28(36)22-27)34(41)25-40(30-15-13-29(37)14-16-30)46(43,44)32-19-17-31(45-2)18-20-32/h5-20,22,33H,3-4,21,23-25H2,1-2H3,(H,38,42). The number of carbonyl (C=O) groups is 2. The van der Waals surface area contributed by atoms with Gasteiger partial charge in [-0.05, 0) is 78.2 Å². The van der Waals surface area contributed by atoms with E-state index in [2.05, 4.69) is 5.32 Å². The molecule has 0 radical (unpaired) electrons. The van der Waals surface area contributed by atoms with Crippen LogP contribution in [0.15, 0.2) is 108 Å². The van der Waals surface area contributed by atoms with E-state index in [1.807, 2.05) is 37.3 Å². The molecule has 1 atom stereocenters. The molecule has 4 rings (SSSR count). The Hall–Kier alpha value is -4.41. The molecule has 0 saturated heterocycles. The number of halogens is 2. The van der Waals surface area contributed by atoms with Crippen molar-refractivity contribution in [2.24, 2.45) is 0 Å². The zero-order chi connectivity index (χ0) is 33.1. The molecule has 0 fully saturated rings. The first-order valence-corrected chi connectivity index (χ1v) is 16.7. The number of hydrogen-bond donors (Lipinski definition) is 1. The maximum atomic E-state index is 14.4. The van der Waals surface area contributed by atoms with Crippen LogP contribution in [0.5, 0.6) is 5.75 Å². The van der Waals surface area contributed by atoms with E-state index in [0.717, 1.165) is 34.8 Å². The Morgan fingerprint density at radius 2 is 1.59 bits per heavy atom. The molecule has 0 bridgehead atoms. The van der Waals surface area contributed by atoms with Crippen LogP contribution < -0.4 is 14.4 Å². The second kappa shape index (κ2) is 16.2. The molecule has 4 aromatic rings. The maximum absolute atomic E-state index is 14.4. The molecule has 1 N–H and O–H groups in total. The highest BCUT2D eigenvalue weighted by Gasteiger charge is 2.34. The summed E-state index contributed by atoms with van der Waals surface area (Å²) in [6.45, 7) is 1.76. The summed E-state index contributed by atoms with van der Waals surface area (Å²) < 4.78 is 48.2. The third kappa shape index (κ3) is 9.08. The predicted octanol–water partition coefficient (Wildman–Crippen LogP) is 6.24. The quantitative estimate of drug-likeness (QED) is 0.152. The number of rotatable bonds is 15. The second-order valence-corrected chi connectivity index (χ2v) is 13.0. The first-order chi connectivity index (χ1) is 22.1. The average molecular weight is 666 g/mol. The summed E-state index contributed by atoms with van der Waals surface area (Å²) in [5.41, 5.74) is 1.56. The van der Waals surface area contributed by atoms with Crippen molar-refractivity contribution in [3.05, 3.63) is 125 Å². The molecule has 0 spiro atoms. The molecule has 0 aliphatic carbocycles. The molecule has 8 nitrogen and oxygen atoms in total. The number of nitrogens with one attached hydrogen (secondary N) is 1. The summed E-state index contributed by atoms with van der Waals surface area (Å²) in [6, 6.07) is 25.8. The van der Waals surface area contributed by atoms with E-state index in [-0.39, 0.29) is 29.5 Å². The monoisotopic (exact) mass is 665 g/mol. The van der Waals surface area contributed by atoms with Crippen LogP contribution >= 0.6 is 11.6 Å². The van der Waals surface area contributed by atoms with Gasteiger partial charge in [-0.3, -0.25) is 13.9 Å². The van der Waals surface area contributed by atoms with Crippen LogP contribution in [0.4, 0.5) is 10.1 Å². The Labute approximate surface area is 274 Å². The van der Waals surface area contributed by atoms with Gasteiger partial charge in [0.25, 0.3) is 10.0 Å².